The molecule has 0 fully saturated rings. The summed E-state index contributed by atoms with van der Waals surface area (Å²) in [6.45, 7) is 4.83. The molecular weight excluding hydrogens is 166 g/mol. The number of aliphatic hydroxyl groups is 1. The normalized spacial score (nSPS) is 10.5. The van der Waals surface area contributed by atoms with Crippen LogP contribution in [0, 0.1) is 5.92 Å². The number of aromatic nitrogens is 1. The highest BCUT2D eigenvalue weighted by atomic mass is 16.5. The van der Waals surface area contributed by atoms with Gasteiger partial charge in [0.25, 0.3) is 0 Å². The molecule has 1 heterocycles. The van der Waals surface area contributed by atoms with Gasteiger partial charge in [0.1, 0.15) is 5.75 Å². The number of aliphatic hydroxyl groups excluding tert-OH is 1. The van der Waals surface area contributed by atoms with Crippen LogP contribution in [-0.4, -0.2) is 16.7 Å². The average molecular weight is 181 g/mol. The van der Waals surface area contributed by atoms with Gasteiger partial charge in [-0.25, -0.2) is 0 Å². The summed E-state index contributed by atoms with van der Waals surface area (Å²) in [6.07, 6.45) is 1.64. The maximum atomic E-state index is 8.82. The molecular formula is C10H15NO2. The third-order valence-corrected chi connectivity index (χ3v) is 1.53. The molecule has 1 aromatic rings. The lowest BCUT2D eigenvalue weighted by Gasteiger charge is -2.08. The first-order valence-electron chi connectivity index (χ1n) is 4.41. The minimum atomic E-state index is -0.0428. The number of hydrogen-bond acceptors (Lipinski definition) is 3. The third-order valence-electron chi connectivity index (χ3n) is 1.53. The van der Waals surface area contributed by atoms with E-state index < -0.39 is 0 Å². The van der Waals surface area contributed by atoms with Crippen molar-refractivity contribution in [1.82, 2.24) is 4.98 Å². The lowest BCUT2D eigenvalue weighted by molar-refractivity contribution is 0.263. The third kappa shape index (κ3) is 3.42. The zero-order valence-electron chi connectivity index (χ0n) is 8.03. The summed E-state index contributed by atoms with van der Waals surface area (Å²) in [5, 5.41) is 8.82. The predicted molar refractivity (Wildman–Crippen MR) is 50.5 cm³/mol. The second-order valence-electron chi connectivity index (χ2n) is 3.35. The summed E-state index contributed by atoms with van der Waals surface area (Å²) in [7, 11) is 0. The topological polar surface area (TPSA) is 42.4 Å². The molecule has 0 radical (unpaired) electrons. The molecule has 0 aliphatic carbocycles. The molecule has 1 rings (SSSR count). The Labute approximate surface area is 78.4 Å². The lowest BCUT2D eigenvalue weighted by Crippen LogP contribution is -2.04. The highest BCUT2D eigenvalue weighted by Gasteiger charge is 1.98. The SMILES string of the molecule is CC(C)COc1ccnc(CO)c1. The molecule has 0 aliphatic rings. The summed E-state index contributed by atoms with van der Waals surface area (Å²) in [4.78, 5) is 3.95. The maximum absolute atomic E-state index is 8.82. The van der Waals surface area contributed by atoms with E-state index in [4.69, 9.17) is 9.84 Å². The Balaban J connectivity index is 2.56. The molecule has 0 bridgehead atoms. The van der Waals surface area contributed by atoms with E-state index >= 15 is 0 Å². The van der Waals surface area contributed by atoms with E-state index in [9.17, 15) is 0 Å². The van der Waals surface area contributed by atoms with Crippen molar-refractivity contribution in [3.05, 3.63) is 24.0 Å². The van der Waals surface area contributed by atoms with Crippen LogP contribution in [0.4, 0.5) is 0 Å². The van der Waals surface area contributed by atoms with Crippen molar-refractivity contribution in [2.75, 3.05) is 6.61 Å². The Morgan fingerprint density at radius 1 is 1.54 bits per heavy atom. The molecule has 0 saturated heterocycles. The van der Waals surface area contributed by atoms with Crippen molar-refractivity contribution in [2.24, 2.45) is 5.92 Å². The van der Waals surface area contributed by atoms with Crippen LogP contribution in [-0.2, 0) is 6.61 Å². The first kappa shape index (κ1) is 9.99. The fraction of sp³-hybridized carbons (Fsp3) is 0.500. The molecule has 0 aromatic carbocycles. The average Bonchev–Trinajstić information content (AvgIpc) is 2.15. The van der Waals surface area contributed by atoms with Gasteiger partial charge in [-0.2, -0.15) is 0 Å². The molecule has 3 nitrogen and oxygen atoms in total. The fourth-order valence-electron chi connectivity index (χ4n) is 0.895. The zero-order valence-corrected chi connectivity index (χ0v) is 8.03. The first-order valence-corrected chi connectivity index (χ1v) is 4.41. The molecule has 0 aliphatic heterocycles. The minimum Gasteiger partial charge on any atom is -0.493 e. The van der Waals surface area contributed by atoms with Crippen molar-refractivity contribution in [2.45, 2.75) is 20.5 Å². The largest absolute Gasteiger partial charge is 0.493 e. The van der Waals surface area contributed by atoms with Crippen LogP contribution in [0.25, 0.3) is 0 Å². The molecule has 3 heteroatoms. The Kier molecular flexibility index (Phi) is 3.71. The highest BCUT2D eigenvalue weighted by Crippen LogP contribution is 2.11. The van der Waals surface area contributed by atoms with Crippen LogP contribution >= 0.6 is 0 Å². The predicted octanol–water partition coefficient (Wildman–Crippen LogP) is 1.61. The Bertz CT molecular complexity index is 261. The van der Waals surface area contributed by atoms with Gasteiger partial charge in [0, 0.05) is 12.3 Å². The van der Waals surface area contributed by atoms with Gasteiger partial charge in [-0.05, 0) is 12.0 Å². The number of nitrogens with zero attached hydrogens (tertiary/aromatic N) is 1. The molecule has 0 unspecified atom stereocenters. The van der Waals surface area contributed by atoms with Crippen LogP contribution in [0.3, 0.4) is 0 Å². The Morgan fingerprint density at radius 2 is 2.31 bits per heavy atom. The van der Waals surface area contributed by atoms with Crippen molar-refractivity contribution >= 4 is 0 Å². The second-order valence-corrected chi connectivity index (χ2v) is 3.35. The number of pyridine rings is 1. The standard InChI is InChI=1S/C10H15NO2/c1-8(2)7-13-10-3-4-11-9(5-10)6-12/h3-5,8,12H,6-7H2,1-2H3. The van der Waals surface area contributed by atoms with E-state index in [0.29, 0.717) is 18.2 Å². The molecule has 1 aromatic heterocycles. The van der Waals surface area contributed by atoms with Gasteiger partial charge in [-0.1, -0.05) is 13.8 Å². The van der Waals surface area contributed by atoms with Gasteiger partial charge < -0.3 is 9.84 Å². The van der Waals surface area contributed by atoms with Gasteiger partial charge in [0.05, 0.1) is 18.9 Å². The fourth-order valence-corrected chi connectivity index (χ4v) is 0.895. The molecule has 1 N–H and O–H groups in total. The van der Waals surface area contributed by atoms with Crippen molar-refractivity contribution in [3.8, 4) is 5.75 Å². The summed E-state index contributed by atoms with van der Waals surface area (Å²) in [6, 6.07) is 3.55. The quantitative estimate of drug-likeness (QED) is 0.767. The van der Waals surface area contributed by atoms with Crippen molar-refractivity contribution in [1.29, 1.82) is 0 Å². The van der Waals surface area contributed by atoms with Crippen molar-refractivity contribution < 1.29 is 9.84 Å². The number of rotatable bonds is 4. The summed E-state index contributed by atoms with van der Waals surface area (Å²) in [5.41, 5.74) is 0.640. The van der Waals surface area contributed by atoms with Gasteiger partial charge in [-0.15, -0.1) is 0 Å². The van der Waals surface area contributed by atoms with E-state index in [1.807, 2.05) is 0 Å². The van der Waals surface area contributed by atoms with Gasteiger partial charge >= 0.3 is 0 Å². The summed E-state index contributed by atoms with van der Waals surface area (Å²) in [5.74, 6) is 1.28. The van der Waals surface area contributed by atoms with E-state index in [-0.39, 0.29) is 6.61 Å². The zero-order chi connectivity index (χ0) is 9.68. The second kappa shape index (κ2) is 4.82. The lowest BCUT2D eigenvalue weighted by atomic mass is 10.2. The number of ether oxygens (including phenoxy) is 1. The van der Waals surface area contributed by atoms with Gasteiger partial charge in [-0.3, -0.25) is 4.98 Å². The van der Waals surface area contributed by atoms with Crippen LogP contribution in [0.5, 0.6) is 5.75 Å². The van der Waals surface area contributed by atoms with E-state index in [2.05, 4.69) is 18.8 Å². The summed E-state index contributed by atoms with van der Waals surface area (Å²) >= 11 is 0. The minimum absolute atomic E-state index is 0.0428. The Morgan fingerprint density at radius 3 is 2.92 bits per heavy atom. The smallest absolute Gasteiger partial charge is 0.122 e. The summed E-state index contributed by atoms with van der Waals surface area (Å²) < 4.78 is 5.46. The van der Waals surface area contributed by atoms with Crippen molar-refractivity contribution in [3.63, 3.8) is 0 Å². The van der Waals surface area contributed by atoms with Crippen LogP contribution < -0.4 is 4.74 Å². The van der Waals surface area contributed by atoms with Gasteiger partial charge in [0.15, 0.2) is 0 Å². The maximum Gasteiger partial charge on any atom is 0.122 e. The molecule has 72 valence electrons. The Hall–Kier alpha value is -1.09. The monoisotopic (exact) mass is 181 g/mol. The van der Waals surface area contributed by atoms with Gasteiger partial charge in [0.2, 0.25) is 0 Å². The van der Waals surface area contributed by atoms with Crippen LogP contribution in [0.15, 0.2) is 18.3 Å². The molecule has 0 atom stereocenters. The molecule has 0 saturated carbocycles. The molecule has 0 amide bonds. The van der Waals surface area contributed by atoms with Crippen LogP contribution in [0.1, 0.15) is 19.5 Å². The number of hydrogen-bond donors (Lipinski definition) is 1. The molecule has 0 spiro atoms. The van der Waals surface area contributed by atoms with E-state index in [1.54, 1.807) is 18.3 Å². The van der Waals surface area contributed by atoms with E-state index in [1.165, 1.54) is 0 Å². The molecule has 13 heavy (non-hydrogen) atoms. The highest BCUT2D eigenvalue weighted by molar-refractivity contribution is 5.22. The van der Waals surface area contributed by atoms with E-state index in [0.717, 1.165) is 5.75 Å². The first-order chi connectivity index (χ1) is 6.22. The van der Waals surface area contributed by atoms with Crippen LogP contribution in [0.2, 0.25) is 0 Å².